The lowest BCUT2D eigenvalue weighted by Gasteiger charge is -2.23. The van der Waals surface area contributed by atoms with E-state index < -0.39 is 0 Å². The molecule has 0 unspecified atom stereocenters. The molecule has 44 heavy (non-hydrogen) atoms. The zero-order valence-electron chi connectivity index (χ0n) is 26.7. The molecule has 0 radical (unpaired) electrons. The van der Waals surface area contributed by atoms with E-state index in [1.54, 1.807) is 0 Å². The molecule has 0 bridgehead atoms. The number of aliphatic imine (C=N–C) groups is 1. The van der Waals surface area contributed by atoms with Gasteiger partial charge in [-0.1, -0.05) is 142 Å². The Hall–Kier alpha value is -4.89. The molecule has 3 heteroatoms. The number of rotatable bonds is 10. The third kappa shape index (κ3) is 7.36. The first-order chi connectivity index (χ1) is 21.3. The average Bonchev–Trinajstić information content (AvgIpc) is 3.03. The van der Waals surface area contributed by atoms with E-state index in [0.717, 1.165) is 45.3 Å². The summed E-state index contributed by atoms with van der Waals surface area (Å²) in [5.74, 6) is 1.51. The van der Waals surface area contributed by atoms with Crippen molar-refractivity contribution in [2.75, 3.05) is 10.6 Å². The van der Waals surface area contributed by atoms with E-state index in [2.05, 4.69) is 180 Å². The molecule has 0 aliphatic heterocycles. The lowest BCUT2D eigenvalue weighted by molar-refractivity contribution is 0.835. The smallest absolute Gasteiger partial charge is 0.118 e. The predicted molar refractivity (Wildman–Crippen MR) is 190 cm³/mol. The number of nitrogens with zero attached hydrogens (tertiary/aromatic N) is 1. The summed E-state index contributed by atoms with van der Waals surface area (Å²) >= 11 is 0. The highest BCUT2D eigenvalue weighted by Crippen LogP contribution is 2.37. The van der Waals surface area contributed by atoms with Crippen LogP contribution in [0.5, 0.6) is 0 Å². The van der Waals surface area contributed by atoms with Crippen LogP contribution in [0.4, 0.5) is 17.1 Å². The van der Waals surface area contributed by atoms with Crippen LogP contribution in [0.25, 0.3) is 5.57 Å². The van der Waals surface area contributed by atoms with Crippen molar-refractivity contribution in [3.8, 4) is 0 Å². The van der Waals surface area contributed by atoms with Crippen molar-refractivity contribution in [3.05, 3.63) is 167 Å². The Morgan fingerprint density at radius 2 is 0.932 bits per heavy atom. The summed E-state index contributed by atoms with van der Waals surface area (Å²) in [5.41, 5.74) is 12.0. The minimum absolute atomic E-state index is 0.324. The van der Waals surface area contributed by atoms with E-state index in [9.17, 15) is 0 Å². The largest absolute Gasteiger partial charge is 0.341 e. The molecule has 5 rings (SSSR count). The maximum absolute atomic E-state index is 5.66. The van der Waals surface area contributed by atoms with Crippen molar-refractivity contribution in [2.45, 2.75) is 53.4 Å². The average molecular weight is 578 g/mol. The Kier molecular flexibility index (Phi) is 9.76. The molecule has 0 fully saturated rings. The van der Waals surface area contributed by atoms with Crippen LogP contribution in [-0.4, -0.2) is 5.71 Å². The molecule has 0 saturated carbocycles. The van der Waals surface area contributed by atoms with Crippen molar-refractivity contribution in [3.63, 3.8) is 0 Å². The van der Waals surface area contributed by atoms with Crippen LogP contribution in [0.15, 0.2) is 138 Å². The van der Waals surface area contributed by atoms with E-state index in [-0.39, 0.29) is 0 Å². The van der Waals surface area contributed by atoms with Crippen LogP contribution < -0.4 is 10.6 Å². The van der Waals surface area contributed by atoms with Crippen molar-refractivity contribution in [1.82, 2.24) is 0 Å². The fraction of sp³-hybridized carbons (Fsp3) is 0.195. The lowest BCUT2D eigenvalue weighted by atomic mass is 9.91. The third-order valence-corrected chi connectivity index (χ3v) is 7.80. The van der Waals surface area contributed by atoms with Gasteiger partial charge in [0.15, 0.2) is 0 Å². The molecular weight excluding hydrogens is 534 g/mol. The molecule has 0 aliphatic carbocycles. The first-order valence-corrected chi connectivity index (χ1v) is 15.5. The van der Waals surface area contributed by atoms with Gasteiger partial charge in [-0.25, -0.2) is 4.99 Å². The molecule has 0 atom stereocenters. The summed E-state index contributed by atoms with van der Waals surface area (Å²) < 4.78 is 0. The predicted octanol–water partition coefficient (Wildman–Crippen LogP) is 11.3. The van der Waals surface area contributed by atoms with Gasteiger partial charge in [0.25, 0.3) is 0 Å². The molecule has 0 aromatic heterocycles. The second kappa shape index (κ2) is 14.1. The number of aryl methyl sites for hydroxylation is 2. The molecule has 5 aromatic carbocycles. The number of hydrogen-bond acceptors (Lipinski definition) is 3. The highest BCUT2D eigenvalue weighted by molar-refractivity contribution is 6.33. The Bertz CT molecular complexity index is 1650. The molecule has 0 aliphatic rings. The topological polar surface area (TPSA) is 36.4 Å². The van der Waals surface area contributed by atoms with Gasteiger partial charge in [-0.05, 0) is 66.6 Å². The van der Waals surface area contributed by atoms with E-state index in [4.69, 9.17) is 4.99 Å². The highest BCUT2D eigenvalue weighted by Gasteiger charge is 2.22. The maximum Gasteiger partial charge on any atom is 0.118 e. The second-order valence-electron chi connectivity index (χ2n) is 12.0. The molecule has 0 heterocycles. The van der Waals surface area contributed by atoms with Crippen LogP contribution in [0.3, 0.4) is 0 Å². The monoisotopic (exact) mass is 577 g/mol. The molecule has 0 saturated heterocycles. The molecule has 5 aromatic rings. The van der Waals surface area contributed by atoms with Crippen LogP contribution in [-0.2, 0) is 0 Å². The van der Waals surface area contributed by atoms with Crippen LogP contribution in [0, 0.1) is 13.8 Å². The summed E-state index contributed by atoms with van der Waals surface area (Å²) in [6.07, 6.45) is 0. The van der Waals surface area contributed by atoms with Crippen LogP contribution in [0.1, 0.15) is 72.9 Å². The van der Waals surface area contributed by atoms with Crippen molar-refractivity contribution in [2.24, 2.45) is 4.99 Å². The van der Waals surface area contributed by atoms with Gasteiger partial charge in [-0.3, -0.25) is 0 Å². The second-order valence-corrected chi connectivity index (χ2v) is 12.0. The van der Waals surface area contributed by atoms with Gasteiger partial charge < -0.3 is 10.6 Å². The van der Waals surface area contributed by atoms with Gasteiger partial charge in [0, 0.05) is 22.5 Å². The van der Waals surface area contributed by atoms with Crippen molar-refractivity contribution in [1.29, 1.82) is 0 Å². The first kappa shape index (κ1) is 30.6. The van der Waals surface area contributed by atoms with Crippen molar-refractivity contribution < 1.29 is 0 Å². The summed E-state index contributed by atoms with van der Waals surface area (Å²) in [7, 11) is 0. The first-order valence-electron chi connectivity index (χ1n) is 15.5. The zero-order valence-corrected chi connectivity index (χ0v) is 26.7. The number of nitrogens with one attached hydrogen (secondary N) is 2. The Labute approximate surface area is 263 Å². The minimum Gasteiger partial charge on any atom is -0.341 e. The zero-order chi connectivity index (χ0) is 31.1. The normalized spacial score (nSPS) is 11.5. The van der Waals surface area contributed by atoms with Gasteiger partial charge in [0.2, 0.25) is 0 Å². The minimum atomic E-state index is 0.324. The fourth-order valence-corrected chi connectivity index (χ4v) is 5.34. The van der Waals surface area contributed by atoms with E-state index in [1.807, 2.05) is 0 Å². The number of benzene rings is 5. The number of anilines is 2. The maximum atomic E-state index is 5.66. The van der Waals surface area contributed by atoms with Crippen LogP contribution in [0.2, 0.25) is 0 Å². The SMILES string of the molecule is Cc1ccc(NC(Nc2ccc(C)cc2)=C(C(=Nc2c(C(C)C)cccc2C(C)C)c2ccccc2)c2ccccc2)cc1. The van der Waals surface area contributed by atoms with Crippen LogP contribution >= 0.6 is 0 Å². The van der Waals surface area contributed by atoms with Crippen molar-refractivity contribution >= 4 is 28.3 Å². The molecule has 222 valence electrons. The number of para-hydroxylation sites is 1. The summed E-state index contributed by atoms with van der Waals surface area (Å²) in [5, 5.41) is 7.53. The molecule has 3 nitrogen and oxygen atoms in total. The van der Waals surface area contributed by atoms with Gasteiger partial charge in [-0.2, -0.15) is 0 Å². The summed E-state index contributed by atoms with van der Waals surface area (Å²) in [6, 6.07) is 44.8. The van der Waals surface area contributed by atoms with Gasteiger partial charge in [-0.15, -0.1) is 0 Å². The van der Waals surface area contributed by atoms with E-state index in [1.165, 1.54) is 22.3 Å². The molecule has 0 amide bonds. The molecule has 0 spiro atoms. The third-order valence-electron chi connectivity index (χ3n) is 7.80. The Balaban J connectivity index is 1.87. The number of hydrogen-bond donors (Lipinski definition) is 2. The summed E-state index contributed by atoms with van der Waals surface area (Å²) in [6.45, 7) is 13.2. The van der Waals surface area contributed by atoms with Gasteiger partial charge in [0.1, 0.15) is 5.82 Å². The lowest BCUT2D eigenvalue weighted by Crippen LogP contribution is -2.18. The Morgan fingerprint density at radius 1 is 0.500 bits per heavy atom. The van der Waals surface area contributed by atoms with Gasteiger partial charge in [0.05, 0.1) is 11.4 Å². The fourth-order valence-electron chi connectivity index (χ4n) is 5.34. The Morgan fingerprint density at radius 3 is 1.36 bits per heavy atom. The summed E-state index contributed by atoms with van der Waals surface area (Å²) in [4.78, 5) is 5.66. The standard InChI is InChI=1S/C41H43N3/c1-28(2)36-18-13-19-37(29(3)4)40(36)44-39(33-16-11-8-12-17-33)38(32-14-9-7-10-15-32)41(42-34-24-20-30(5)21-25-34)43-35-26-22-31(6)23-27-35/h7-29,42-43H,1-6H3. The molecule has 2 N–H and O–H groups in total. The highest BCUT2D eigenvalue weighted by atomic mass is 15.1. The van der Waals surface area contributed by atoms with E-state index >= 15 is 0 Å². The van der Waals surface area contributed by atoms with Gasteiger partial charge >= 0.3 is 0 Å². The van der Waals surface area contributed by atoms with E-state index in [0.29, 0.717) is 11.8 Å². The molecular formula is C41H43N3. The quantitative estimate of drug-likeness (QED) is 0.162. The number of allylic oxidation sites excluding steroid dienone is 1.